The zero-order chi connectivity index (χ0) is 25.8. The maximum absolute atomic E-state index is 13.7. The number of benzene rings is 3. The topological polar surface area (TPSA) is 58.2 Å². The summed E-state index contributed by atoms with van der Waals surface area (Å²) in [5.41, 5.74) is 6.38. The maximum atomic E-state index is 13.7. The molecule has 0 spiro atoms. The Balaban J connectivity index is 1.77. The van der Waals surface area contributed by atoms with E-state index in [0.717, 1.165) is 45.1 Å². The summed E-state index contributed by atoms with van der Waals surface area (Å²) in [5.74, 6) is 0.719. The van der Waals surface area contributed by atoms with Crippen molar-refractivity contribution in [1.29, 1.82) is 0 Å². The van der Waals surface area contributed by atoms with Crippen molar-refractivity contribution < 1.29 is 4.74 Å². The molecule has 0 N–H and O–H groups in total. The van der Waals surface area contributed by atoms with Crippen molar-refractivity contribution in [2.75, 3.05) is 0 Å². The minimum atomic E-state index is -0.519. The monoisotopic (exact) mass is 489 g/mol. The van der Waals surface area contributed by atoms with Crippen LogP contribution in [0.3, 0.4) is 0 Å². The molecule has 1 atom stereocenters. The first-order chi connectivity index (χ1) is 17.8. The van der Waals surface area contributed by atoms with Gasteiger partial charge in [-0.1, -0.05) is 72.3 Å². The van der Waals surface area contributed by atoms with Crippen molar-refractivity contribution in [3.05, 3.63) is 122 Å². The fraction of sp³-hybridized carbons (Fsp3) is 0.161. The molecule has 1 aliphatic rings. The number of nitrogens with zero attached hydrogens (tertiary/aromatic N) is 3. The highest BCUT2D eigenvalue weighted by Gasteiger charge is 2.34. The van der Waals surface area contributed by atoms with Crippen LogP contribution in [0.15, 0.2) is 88.5 Å². The summed E-state index contributed by atoms with van der Waals surface area (Å²) in [6, 6.07) is 24.2. The quantitative estimate of drug-likeness (QED) is 0.338. The molecule has 1 aliphatic heterocycles. The van der Waals surface area contributed by atoms with Crippen LogP contribution < -0.4 is 16.0 Å². The van der Waals surface area contributed by atoms with E-state index in [-0.39, 0.29) is 11.2 Å². The average molecular weight is 490 g/mol. The van der Waals surface area contributed by atoms with Gasteiger partial charge < -0.3 is 9.30 Å². The fourth-order valence-electron chi connectivity index (χ4n) is 5.18. The summed E-state index contributed by atoms with van der Waals surface area (Å²) in [6.07, 6.45) is 3.48. The van der Waals surface area contributed by atoms with Crippen molar-refractivity contribution in [1.82, 2.24) is 13.7 Å². The smallest absolute Gasteiger partial charge is 0.331 e. The molecule has 0 radical (unpaired) electrons. The molecule has 3 aromatic carbocycles. The lowest BCUT2D eigenvalue weighted by molar-refractivity contribution is 0.238. The minimum Gasteiger partial charge on any atom is -0.478 e. The van der Waals surface area contributed by atoms with Crippen LogP contribution in [0.4, 0.5) is 0 Å². The van der Waals surface area contributed by atoms with Crippen LogP contribution in [0.2, 0.25) is 0 Å². The molecular weight excluding hydrogens is 462 g/mol. The predicted octanol–water partition coefficient (Wildman–Crippen LogP) is 5.46. The van der Waals surface area contributed by atoms with Crippen LogP contribution >= 0.6 is 0 Å². The fourth-order valence-corrected chi connectivity index (χ4v) is 5.18. The molecule has 0 unspecified atom stereocenters. The van der Waals surface area contributed by atoms with Crippen LogP contribution in [0.5, 0.6) is 5.75 Å². The zero-order valence-electron chi connectivity index (χ0n) is 21.2. The maximum Gasteiger partial charge on any atom is 0.331 e. The molecule has 3 heterocycles. The van der Waals surface area contributed by atoms with Crippen molar-refractivity contribution >= 4 is 17.0 Å². The molecule has 5 aromatic rings. The number of rotatable bonds is 3. The number of aromatic nitrogens is 3. The van der Waals surface area contributed by atoms with Gasteiger partial charge in [-0.2, -0.15) is 0 Å². The van der Waals surface area contributed by atoms with E-state index in [1.807, 2.05) is 92.7 Å². The number of fused-ring (bicyclic) bond motifs is 5. The molecule has 6 nitrogen and oxygen atoms in total. The Kier molecular flexibility index (Phi) is 5.26. The van der Waals surface area contributed by atoms with Crippen molar-refractivity contribution in [2.24, 2.45) is 14.1 Å². The van der Waals surface area contributed by atoms with Gasteiger partial charge in [0.15, 0.2) is 6.10 Å². The second-order valence-electron chi connectivity index (χ2n) is 9.64. The van der Waals surface area contributed by atoms with Gasteiger partial charge in [0.05, 0.1) is 28.0 Å². The first-order valence-corrected chi connectivity index (χ1v) is 12.3. The molecule has 0 bridgehead atoms. The summed E-state index contributed by atoms with van der Waals surface area (Å²) in [4.78, 5) is 26.8. The summed E-state index contributed by atoms with van der Waals surface area (Å²) in [7, 11) is 3.24. The molecule has 37 heavy (non-hydrogen) atoms. The molecule has 2 aromatic heterocycles. The number of hydrogen-bond acceptors (Lipinski definition) is 3. The summed E-state index contributed by atoms with van der Waals surface area (Å²) >= 11 is 0. The van der Waals surface area contributed by atoms with E-state index in [1.54, 1.807) is 11.6 Å². The van der Waals surface area contributed by atoms with Crippen LogP contribution in [-0.4, -0.2) is 13.7 Å². The van der Waals surface area contributed by atoms with E-state index < -0.39 is 6.10 Å². The molecule has 0 saturated carbocycles. The second kappa shape index (κ2) is 8.52. The number of hydrogen-bond donors (Lipinski definition) is 0. The third-order valence-electron chi connectivity index (χ3n) is 7.08. The van der Waals surface area contributed by atoms with Crippen LogP contribution in [0.25, 0.3) is 33.9 Å². The number of aryl methyl sites for hydroxylation is 3. The van der Waals surface area contributed by atoms with Crippen LogP contribution in [-0.2, 0) is 14.1 Å². The van der Waals surface area contributed by atoms with Crippen molar-refractivity contribution in [2.45, 2.75) is 20.0 Å². The van der Waals surface area contributed by atoms with Gasteiger partial charge in [-0.25, -0.2) is 4.79 Å². The van der Waals surface area contributed by atoms with Crippen LogP contribution in [0.1, 0.15) is 28.5 Å². The van der Waals surface area contributed by atoms with Gasteiger partial charge >= 0.3 is 5.69 Å². The molecule has 0 amide bonds. The van der Waals surface area contributed by atoms with Crippen molar-refractivity contribution in [3.8, 4) is 22.7 Å². The van der Waals surface area contributed by atoms with E-state index in [4.69, 9.17) is 4.74 Å². The molecule has 184 valence electrons. The second-order valence-corrected chi connectivity index (χ2v) is 9.64. The Hall–Kier alpha value is -4.58. The van der Waals surface area contributed by atoms with Crippen molar-refractivity contribution in [3.63, 3.8) is 0 Å². The van der Waals surface area contributed by atoms with Crippen LogP contribution in [0, 0.1) is 13.8 Å². The Morgan fingerprint density at radius 2 is 1.54 bits per heavy atom. The average Bonchev–Trinajstić information content (AvgIpc) is 3.27. The summed E-state index contributed by atoms with van der Waals surface area (Å²) in [5, 5.41) is 0.500. The molecule has 6 heteroatoms. The lowest BCUT2D eigenvalue weighted by atomic mass is 10.1. The Labute approximate surface area is 214 Å². The van der Waals surface area contributed by atoms with Gasteiger partial charge in [0.1, 0.15) is 5.75 Å². The molecule has 0 fully saturated rings. The minimum absolute atomic E-state index is 0.324. The molecular formula is C31H27N3O3. The summed E-state index contributed by atoms with van der Waals surface area (Å²) in [6.45, 7) is 4.07. The highest BCUT2D eigenvalue weighted by molar-refractivity contribution is 5.98. The number of ether oxygens (including phenoxy) is 1. The molecule has 0 saturated heterocycles. The van der Waals surface area contributed by atoms with E-state index in [9.17, 15) is 9.59 Å². The highest BCUT2D eigenvalue weighted by Crippen LogP contribution is 2.45. The van der Waals surface area contributed by atoms with Gasteiger partial charge in [0.25, 0.3) is 5.56 Å². The van der Waals surface area contributed by atoms with E-state index in [0.29, 0.717) is 10.9 Å². The largest absolute Gasteiger partial charge is 0.478 e. The predicted molar refractivity (Wildman–Crippen MR) is 148 cm³/mol. The standard InChI is InChI=1S/C31H27N3O3/c1-19-10-14-22(15-11-19)27-26-29(32(3)31(36)33(4)30(26)35)28-25(17-13-21-8-6-5-7-9-21)37-24-16-12-20(2)18-23(24)34(27)28/h5-18,25H,1-4H3/b17-13+/t25-/m0/s1. The summed E-state index contributed by atoms with van der Waals surface area (Å²) < 4.78 is 11.4. The zero-order valence-corrected chi connectivity index (χ0v) is 21.2. The van der Waals surface area contributed by atoms with Gasteiger partial charge in [0, 0.05) is 14.1 Å². The third kappa shape index (κ3) is 3.56. The Bertz CT molecular complexity index is 1820. The van der Waals surface area contributed by atoms with Gasteiger partial charge in [-0.05, 0) is 48.7 Å². The Morgan fingerprint density at radius 3 is 2.27 bits per heavy atom. The first kappa shape index (κ1) is 22.9. The van der Waals surface area contributed by atoms with Gasteiger partial charge in [-0.3, -0.25) is 13.9 Å². The lowest BCUT2D eigenvalue weighted by Crippen LogP contribution is -2.37. The first-order valence-electron chi connectivity index (χ1n) is 12.3. The Morgan fingerprint density at radius 1 is 0.838 bits per heavy atom. The highest BCUT2D eigenvalue weighted by atomic mass is 16.5. The van der Waals surface area contributed by atoms with E-state index >= 15 is 0 Å². The lowest BCUT2D eigenvalue weighted by Gasteiger charge is -2.28. The molecule has 6 rings (SSSR count). The third-order valence-corrected chi connectivity index (χ3v) is 7.08. The SMILES string of the molecule is Cc1ccc(-c2c3c(=O)n(C)c(=O)n(C)c3c3n2-c2cc(C)ccc2O[C@H]3/C=C/c2ccccc2)cc1. The normalized spacial score (nSPS) is 14.5. The van der Waals surface area contributed by atoms with Gasteiger partial charge in [-0.15, -0.1) is 0 Å². The van der Waals surface area contributed by atoms with E-state index in [1.165, 1.54) is 11.6 Å². The molecule has 0 aliphatic carbocycles. The van der Waals surface area contributed by atoms with E-state index in [2.05, 4.69) is 10.6 Å². The van der Waals surface area contributed by atoms with Gasteiger partial charge in [0.2, 0.25) is 0 Å².